The Balaban J connectivity index is 3.05. The van der Waals surface area contributed by atoms with Gasteiger partial charge < -0.3 is 10.2 Å². The van der Waals surface area contributed by atoms with Crippen LogP contribution in [0, 0.1) is 0 Å². The standard InChI is InChI=1S/C15H23NO2/c1-5-12(10-17)16-9-11-7-6-8-13(14(11)18)15(2,3)4/h6-9,12,17-18H,5,10H2,1-4H3/b16-9+/t12-/m1/s1. The minimum Gasteiger partial charge on any atom is -0.507 e. The quantitative estimate of drug-likeness (QED) is 0.806. The van der Waals surface area contributed by atoms with Crippen LogP contribution >= 0.6 is 0 Å². The number of para-hydroxylation sites is 1. The summed E-state index contributed by atoms with van der Waals surface area (Å²) < 4.78 is 0. The zero-order valence-electron chi connectivity index (χ0n) is 11.6. The summed E-state index contributed by atoms with van der Waals surface area (Å²) in [6.07, 6.45) is 2.43. The Morgan fingerprint density at radius 3 is 2.50 bits per heavy atom. The first kappa shape index (κ1) is 14.7. The molecule has 0 radical (unpaired) electrons. The minimum absolute atomic E-state index is 0.0344. The molecule has 0 saturated heterocycles. The molecule has 1 aromatic rings. The summed E-state index contributed by atoms with van der Waals surface area (Å²) >= 11 is 0. The van der Waals surface area contributed by atoms with E-state index in [0.717, 1.165) is 12.0 Å². The van der Waals surface area contributed by atoms with Crippen molar-refractivity contribution in [2.75, 3.05) is 6.61 Å². The van der Waals surface area contributed by atoms with Crippen molar-refractivity contribution in [2.45, 2.75) is 45.6 Å². The van der Waals surface area contributed by atoms with Crippen LogP contribution in [-0.2, 0) is 5.41 Å². The number of rotatable bonds is 4. The molecule has 0 aliphatic rings. The third-order valence-electron chi connectivity index (χ3n) is 2.98. The van der Waals surface area contributed by atoms with Crippen LogP contribution in [0.2, 0.25) is 0 Å². The van der Waals surface area contributed by atoms with Gasteiger partial charge in [0.2, 0.25) is 0 Å². The van der Waals surface area contributed by atoms with Crippen molar-refractivity contribution in [1.29, 1.82) is 0 Å². The molecule has 3 heteroatoms. The number of aliphatic hydroxyl groups is 1. The Morgan fingerprint density at radius 2 is 2.00 bits per heavy atom. The first-order chi connectivity index (χ1) is 8.40. The summed E-state index contributed by atoms with van der Waals surface area (Å²) in [7, 11) is 0. The number of hydrogen-bond donors (Lipinski definition) is 2. The van der Waals surface area contributed by atoms with Crippen molar-refractivity contribution in [3.05, 3.63) is 29.3 Å². The molecule has 0 heterocycles. The molecule has 0 amide bonds. The van der Waals surface area contributed by atoms with Gasteiger partial charge in [-0.2, -0.15) is 0 Å². The molecular weight excluding hydrogens is 226 g/mol. The fraction of sp³-hybridized carbons (Fsp3) is 0.533. The minimum atomic E-state index is -0.102. The Bertz CT molecular complexity index is 415. The summed E-state index contributed by atoms with van der Waals surface area (Å²) in [5, 5.41) is 19.3. The maximum absolute atomic E-state index is 10.2. The number of phenolic OH excluding ortho intramolecular Hbond substituents is 1. The molecule has 18 heavy (non-hydrogen) atoms. The lowest BCUT2D eigenvalue weighted by molar-refractivity contribution is 0.264. The zero-order valence-corrected chi connectivity index (χ0v) is 11.6. The van der Waals surface area contributed by atoms with Gasteiger partial charge in [0, 0.05) is 11.8 Å². The van der Waals surface area contributed by atoms with E-state index in [4.69, 9.17) is 5.11 Å². The van der Waals surface area contributed by atoms with Crippen molar-refractivity contribution in [3.63, 3.8) is 0 Å². The number of aliphatic hydroxyl groups excluding tert-OH is 1. The van der Waals surface area contributed by atoms with Gasteiger partial charge in [0.05, 0.1) is 12.6 Å². The van der Waals surface area contributed by atoms with E-state index in [9.17, 15) is 5.11 Å². The van der Waals surface area contributed by atoms with E-state index in [0.29, 0.717) is 5.56 Å². The number of hydrogen-bond acceptors (Lipinski definition) is 3. The molecule has 1 rings (SSSR count). The van der Waals surface area contributed by atoms with Gasteiger partial charge in [0.15, 0.2) is 0 Å². The molecule has 1 aromatic carbocycles. The Hall–Kier alpha value is -1.35. The molecular formula is C15H23NO2. The monoisotopic (exact) mass is 249 g/mol. The van der Waals surface area contributed by atoms with Crippen LogP contribution in [0.25, 0.3) is 0 Å². The second-order valence-electron chi connectivity index (χ2n) is 5.52. The Labute approximate surface area is 109 Å². The van der Waals surface area contributed by atoms with E-state index in [1.54, 1.807) is 6.21 Å². The zero-order chi connectivity index (χ0) is 13.8. The highest BCUT2D eigenvalue weighted by atomic mass is 16.3. The smallest absolute Gasteiger partial charge is 0.128 e. The van der Waals surface area contributed by atoms with Gasteiger partial charge >= 0.3 is 0 Å². The highest BCUT2D eigenvalue weighted by Crippen LogP contribution is 2.32. The van der Waals surface area contributed by atoms with Crippen LogP contribution in [0.15, 0.2) is 23.2 Å². The second kappa shape index (κ2) is 6.01. The number of benzene rings is 1. The molecule has 3 nitrogen and oxygen atoms in total. The van der Waals surface area contributed by atoms with Gasteiger partial charge in [-0.3, -0.25) is 4.99 Å². The number of aromatic hydroxyl groups is 1. The van der Waals surface area contributed by atoms with Crippen molar-refractivity contribution in [2.24, 2.45) is 4.99 Å². The van der Waals surface area contributed by atoms with Crippen LogP contribution in [-0.4, -0.2) is 29.1 Å². The SMILES string of the molecule is CC[C@H](CO)/N=C/c1cccc(C(C)(C)C)c1O. The lowest BCUT2D eigenvalue weighted by atomic mass is 9.85. The molecule has 0 aliphatic carbocycles. The Kier molecular flexibility index (Phi) is 4.91. The third-order valence-corrected chi connectivity index (χ3v) is 2.98. The Morgan fingerprint density at radius 1 is 1.33 bits per heavy atom. The van der Waals surface area contributed by atoms with Crippen molar-refractivity contribution in [3.8, 4) is 5.75 Å². The number of aliphatic imine (C=N–C) groups is 1. The lowest BCUT2D eigenvalue weighted by Gasteiger charge is -2.21. The predicted molar refractivity (Wildman–Crippen MR) is 75.6 cm³/mol. The number of nitrogens with zero attached hydrogens (tertiary/aromatic N) is 1. The van der Waals surface area contributed by atoms with Gasteiger partial charge in [-0.1, -0.05) is 39.8 Å². The molecule has 2 N–H and O–H groups in total. The van der Waals surface area contributed by atoms with E-state index in [2.05, 4.69) is 25.8 Å². The van der Waals surface area contributed by atoms with Crippen LogP contribution in [0.4, 0.5) is 0 Å². The van der Waals surface area contributed by atoms with Crippen LogP contribution < -0.4 is 0 Å². The summed E-state index contributed by atoms with van der Waals surface area (Å²) in [5.41, 5.74) is 1.51. The van der Waals surface area contributed by atoms with E-state index < -0.39 is 0 Å². The van der Waals surface area contributed by atoms with E-state index in [1.807, 2.05) is 25.1 Å². The molecule has 0 aromatic heterocycles. The van der Waals surface area contributed by atoms with E-state index >= 15 is 0 Å². The lowest BCUT2D eigenvalue weighted by Crippen LogP contribution is -2.12. The topological polar surface area (TPSA) is 52.8 Å². The molecule has 100 valence electrons. The van der Waals surface area contributed by atoms with Crippen molar-refractivity contribution >= 4 is 6.21 Å². The van der Waals surface area contributed by atoms with Gasteiger partial charge in [-0.25, -0.2) is 0 Å². The first-order valence-electron chi connectivity index (χ1n) is 6.36. The molecule has 0 fully saturated rings. The average Bonchev–Trinajstić information content (AvgIpc) is 2.30. The normalized spacial score (nSPS) is 14.1. The fourth-order valence-electron chi connectivity index (χ4n) is 1.74. The molecule has 0 aliphatic heterocycles. The summed E-state index contributed by atoms with van der Waals surface area (Å²) in [6.45, 7) is 8.19. The van der Waals surface area contributed by atoms with Crippen LogP contribution in [0.3, 0.4) is 0 Å². The van der Waals surface area contributed by atoms with Gasteiger partial charge in [-0.05, 0) is 23.5 Å². The first-order valence-corrected chi connectivity index (χ1v) is 6.36. The largest absolute Gasteiger partial charge is 0.507 e. The van der Waals surface area contributed by atoms with Crippen molar-refractivity contribution < 1.29 is 10.2 Å². The summed E-state index contributed by atoms with van der Waals surface area (Å²) in [5.74, 6) is 0.279. The highest BCUT2D eigenvalue weighted by molar-refractivity contribution is 5.84. The van der Waals surface area contributed by atoms with E-state index in [1.165, 1.54) is 0 Å². The van der Waals surface area contributed by atoms with Gasteiger partial charge in [0.1, 0.15) is 5.75 Å². The summed E-state index contributed by atoms with van der Waals surface area (Å²) in [6, 6.07) is 5.58. The summed E-state index contributed by atoms with van der Waals surface area (Å²) in [4.78, 5) is 4.28. The van der Waals surface area contributed by atoms with E-state index in [-0.39, 0.29) is 23.8 Å². The average molecular weight is 249 g/mol. The molecule has 0 saturated carbocycles. The predicted octanol–water partition coefficient (Wildman–Crippen LogP) is 2.88. The highest BCUT2D eigenvalue weighted by Gasteiger charge is 2.19. The molecule has 0 unspecified atom stereocenters. The van der Waals surface area contributed by atoms with Gasteiger partial charge in [0.25, 0.3) is 0 Å². The van der Waals surface area contributed by atoms with Crippen LogP contribution in [0.5, 0.6) is 5.75 Å². The third kappa shape index (κ3) is 3.57. The molecule has 0 bridgehead atoms. The fourth-order valence-corrected chi connectivity index (χ4v) is 1.74. The maximum atomic E-state index is 10.2. The maximum Gasteiger partial charge on any atom is 0.128 e. The molecule has 0 spiro atoms. The van der Waals surface area contributed by atoms with Gasteiger partial charge in [-0.15, -0.1) is 0 Å². The second-order valence-corrected chi connectivity index (χ2v) is 5.52. The molecule has 1 atom stereocenters. The van der Waals surface area contributed by atoms with Crippen molar-refractivity contribution in [1.82, 2.24) is 0 Å². The van der Waals surface area contributed by atoms with Crippen LogP contribution in [0.1, 0.15) is 45.2 Å². The number of phenols is 1.